The summed E-state index contributed by atoms with van der Waals surface area (Å²) in [6.45, 7) is 4.91. The molecule has 0 bridgehead atoms. The Bertz CT molecular complexity index is 1270. The highest BCUT2D eigenvalue weighted by molar-refractivity contribution is 7.47. The number of nitrogens with zero attached hydrogens (tertiary/aromatic N) is 1. The van der Waals surface area contributed by atoms with Gasteiger partial charge in [0, 0.05) is 6.42 Å². The van der Waals surface area contributed by atoms with Crippen molar-refractivity contribution in [1.29, 1.82) is 0 Å². The standard InChI is InChI=1S/C63H123N2O6P/c1-6-8-10-12-14-16-18-20-22-24-26-28-30-31-32-33-35-36-38-40-42-44-46-48-50-52-54-56-62(66)61(60-71-72(68,69)70-59-58-65(3,4)5)64-63(67)57-55-53-51-49-47-45-43-41-39-37-34-29-27-25-23-21-19-17-15-13-11-9-7-2/h19,21,25,27,34,37,61-62,66H,6-18,20,22-24,26,28-33,35-36,38-60H2,1-5H3,(H-,64,67,68,69)/p+1/b21-19-,27-25-,37-34-. The number of allylic oxidation sites excluding steroid dienone is 6. The minimum absolute atomic E-state index is 0.0732. The molecule has 3 atom stereocenters. The number of aliphatic hydroxyl groups is 1. The Labute approximate surface area is 448 Å². The fourth-order valence-corrected chi connectivity index (χ4v) is 10.2. The van der Waals surface area contributed by atoms with E-state index in [9.17, 15) is 19.4 Å². The van der Waals surface area contributed by atoms with Crippen molar-refractivity contribution >= 4 is 13.7 Å². The number of hydrogen-bond donors (Lipinski definition) is 3. The highest BCUT2D eigenvalue weighted by Crippen LogP contribution is 2.43. The lowest BCUT2D eigenvalue weighted by Crippen LogP contribution is -2.46. The monoisotopic (exact) mass is 1040 g/mol. The molecule has 0 fully saturated rings. The van der Waals surface area contributed by atoms with Crippen LogP contribution in [0.3, 0.4) is 0 Å². The summed E-state index contributed by atoms with van der Waals surface area (Å²) >= 11 is 0. The zero-order chi connectivity index (χ0) is 52.7. The fourth-order valence-electron chi connectivity index (χ4n) is 9.47. The molecule has 0 aromatic heterocycles. The molecule has 9 heteroatoms. The molecule has 0 aliphatic carbocycles. The van der Waals surface area contributed by atoms with E-state index in [-0.39, 0.29) is 19.1 Å². The normalized spacial score (nSPS) is 14.0. The van der Waals surface area contributed by atoms with Gasteiger partial charge in [-0.3, -0.25) is 13.8 Å². The lowest BCUT2D eigenvalue weighted by molar-refractivity contribution is -0.870. The quantitative estimate of drug-likeness (QED) is 0.0243. The van der Waals surface area contributed by atoms with Crippen molar-refractivity contribution in [2.45, 2.75) is 321 Å². The highest BCUT2D eigenvalue weighted by atomic mass is 31.2. The average molecular weight is 1040 g/mol. The number of carbonyl (C=O) groups is 1. The summed E-state index contributed by atoms with van der Waals surface area (Å²) in [5.41, 5.74) is 0. The lowest BCUT2D eigenvalue weighted by atomic mass is 10.0. The van der Waals surface area contributed by atoms with Crippen molar-refractivity contribution in [3.05, 3.63) is 36.5 Å². The maximum absolute atomic E-state index is 13.0. The van der Waals surface area contributed by atoms with Crippen LogP contribution >= 0.6 is 7.82 Å². The van der Waals surface area contributed by atoms with Crippen LogP contribution in [0.2, 0.25) is 0 Å². The van der Waals surface area contributed by atoms with Gasteiger partial charge in [0.1, 0.15) is 13.2 Å². The Balaban J connectivity index is 4.12. The molecule has 0 aliphatic rings. The smallest absolute Gasteiger partial charge is 0.391 e. The van der Waals surface area contributed by atoms with E-state index in [0.29, 0.717) is 23.9 Å². The van der Waals surface area contributed by atoms with Crippen LogP contribution in [-0.4, -0.2) is 73.4 Å². The summed E-state index contributed by atoms with van der Waals surface area (Å²) in [6, 6.07) is -0.766. The maximum Gasteiger partial charge on any atom is 0.472 e. The van der Waals surface area contributed by atoms with Gasteiger partial charge in [-0.15, -0.1) is 0 Å². The molecule has 3 N–H and O–H groups in total. The van der Waals surface area contributed by atoms with E-state index in [1.165, 1.54) is 225 Å². The van der Waals surface area contributed by atoms with Gasteiger partial charge in [0.2, 0.25) is 5.91 Å². The van der Waals surface area contributed by atoms with Crippen molar-refractivity contribution < 1.29 is 32.9 Å². The third kappa shape index (κ3) is 56.4. The molecule has 0 heterocycles. The Morgan fingerprint density at radius 3 is 1.15 bits per heavy atom. The third-order valence-electron chi connectivity index (χ3n) is 14.4. The van der Waals surface area contributed by atoms with Gasteiger partial charge in [-0.25, -0.2) is 4.57 Å². The summed E-state index contributed by atoms with van der Waals surface area (Å²) in [7, 11) is 1.62. The van der Waals surface area contributed by atoms with Gasteiger partial charge in [-0.2, -0.15) is 0 Å². The number of quaternary nitrogens is 1. The zero-order valence-corrected chi connectivity index (χ0v) is 49.6. The largest absolute Gasteiger partial charge is 0.472 e. The molecular formula is C63H124N2O6P+. The van der Waals surface area contributed by atoms with Crippen LogP contribution in [0.15, 0.2) is 36.5 Å². The van der Waals surface area contributed by atoms with Gasteiger partial charge in [0.15, 0.2) is 0 Å². The summed E-state index contributed by atoms with van der Waals surface area (Å²) in [6.07, 6.45) is 70.7. The number of amides is 1. The van der Waals surface area contributed by atoms with Gasteiger partial charge in [0.05, 0.1) is 39.9 Å². The molecule has 0 spiro atoms. The van der Waals surface area contributed by atoms with Crippen molar-refractivity contribution in [2.24, 2.45) is 0 Å². The van der Waals surface area contributed by atoms with Gasteiger partial charge < -0.3 is 19.8 Å². The topological polar surface area (TPSA) is 105 Å². The minimum Gasteiger partial charge on any atom is -0.391 e. The number of phosphoric ester groups is 1. The van der Waals surface area contributed by atoms with Gasteiger partial charge in [0.25, 0.3) is 0 Å². The SMILES string of the molecule is CCCCCCC/C=C\C/C=C\C/C=C\CCCCCCCCCCC(=O)NC(COP(=O)(O)OCC[N+](C)(C)C)C(O)CCCCCCCCCCCCCCCCCCCCCCCCCCCCC. The molecule has 0 aromatic carbocycles. The number of hydrogen-bond acceptors (Lipinski definition) is 5. The van der Waals surface area contributed by atoms with Crippen molar-refractivity contribution in [1.82, 2.24) is 5.32 Å². The van der Waals surface area contributed by atoms with Crippen LogP contribution in [0.1, 0.15) is 309 Å². The molecule has 0 aliphatic heterocycles. The van der Waals surface area contributed by atoms with Crippen molar-refractivity contribution in [3.63, 3.8) is 0 Å². The first-order chi connectivity index (χ1) is 35.0. The van der Waals surface area contributed by atoms with Crippen molar-refractivity contribution in [2.75, 3.05) is 40.9 Å². The number of rotatable bonds is 58. The first-order valence-electron chi connectivity index (χ1n) is 31.4. The number of nitrogens with one attached hydrogen (secondary N) is 1. The molecule has 0 saturated heterocycles. The average Bonchev–Trinajstić information content (AvgIpc) is 3.34. The maximum atomic E-state index is 13.0. The van der Waals surface area contributed by atoms with Crippen LogP contribution in [0.25, 0.3) is 0 Å². The van der Waals surface area contributed by atoms with Crippen LogP contribution in [-0.2, 0) is 18.4 Å². The molecule has 0 aromatic rings. The first-order valence-corrected chi connectivity index (χ1v) is 32.8. The van der Waals surface area contributed by atoms with Gasteiger partial charge in [-0.05, 0) is 51.4 Å². The molecule has 0 radical (unpaired) electrons. The molecule has 0 saturated carbocycles. The number of carbonyl (C=O) groups excluding carboxylic acids is 1. The minimum atomic E-state index is -4.33. The summed E-state index contributed by atoms with van der Waals surface area (Å²) in [5, 5.41) is 14.1. The van der Waals surface area contributed by atoms with E-state index in [0.717, 1.165) is 57.8 Å². The molecule has 0 rings (SSSR count). The predicted molar refractivity (Wildman–Crippen MR) is 314 cm³/mol. The van der Waals surface area contributed by atoms with E-state index >= 15 is 0 Å². The predicted octanol–water partition coefficient (Wildman–Crippen LogP) is 19.3. The van der Waals surface area contributed by atoms with Gasteiger partial charge in [-0.1, -0.05) is 288 Å². The van der Waals surface area contributed by atoms with E-state index in [1.54, 1.807) is 0 Å². The van der Waals surface area contributed by atoms with Crippen LogP contribution < -0.4 is 5.32 Å². The Hall–Kier alpha value is -1.28. The lowest BCUT2D eigenvalue weighted by Gasteiger charge is -2.26. The van der Waals surface area contributed by atoms with Crippen LogP contribution in [0.4, 0.5) is 0 Å². The Kier molecular flexibility index (Phi) is 53.5. The number of aliphatic hydroxyl groups excluding tert-OH is 1. The number of likely N-dealkylation sites (N-methyl/N-ethyl adjacent to an activating group) is 1. The summed E-state index contributed by atoms with van der Waals surface area (Å²) in [4.78, 5) is 23.4. The van der Waals surface area contributed by atoms with Gasteiger partial charge >= 0.3 is 7.82 Å². The Morgan fingerprint density at radius 2 is 0.792 bits per heavy atom. The van der Waals surface area contributed by atoms with E-state index in [2.05, 4.69) is 55.6 Å². The molecular weight excluding hydrogens is 912 g/mol. The van der Waals surface area contributed by atoms with Crippen molar-refractivity contribution in [3.8, 4) is 0 Å². The second-order valence-electron chi connectivity index (χ2n) is 22.8. The second-order valence-corrected chi connectivity index (χ2v) is 24.2. The first kappa shape index (κ1) is 70.7. The zero-order valence-electron chi connectivity index (χ0n) is 48.7. The number of unbranched alkanes of at least 4 members (excludes halogenated alkanes) is 39. The second kappa shape index (κ2) is 54.5. The molecule has 3 unspecified atom stereocenters. The van der Waals surface area contributed by atoms with Crippen LogP contribution in [0.5, 0.6) is 0 Å². The van der Waals surface area contributed by atoms with E-state index < -0.39 is 20.0 Å². The molecule has 426 valence electrons. The number of phosphoric acid groups is 1. The summed E-state index contributed by atoms with van der Waals surface area (Å²) < 4.78 is 23.8. The van der Waals surface area contributed by atoms with Crippen LogP contribution in [0, 0.1) is 0 Å². The summed E-state index contributed by atoms with van der Waals surface area (Å²) in [5.74, 6) is -0.148. The van der Waals surface area contributed by atoms with E-state index in [1.807, 2.05) is 21.1 Å². The fraction of sp³-hybridized carbons (Fsp3) is 0.889. The molecule has 72 heavy (non-hydrogen) atoms. The van der Waals surface area contributed by atoms with E-state index in [4.69, 9.17) is 9.05 Å². The molecule has 8 nitrogen and oxygen atoms in total. The molecule has 1 amide bonds. The Morgan fingerprint density at radius 1 is 0.472 bits per heavy atom. The third-order valence-corrected chi connectivity index (χ3v) is 15.4. The highest BCUT2D eigenvalue weighted by Gasteiger charge is 2.28.